The number of hydrogen-bond donors (Lipinski definition) is 0. The van der Waals surface area contributed by atoms with Crippen molar-refractivity contribution < 1.29 is 20.4 Å². The van der Waals surface area contributed by atoms with Gasteiger partial charge in [0.2, 0.25) is 0 Å². The molecule has 0 aliphatic heterocycles. The molecule has 0 saturated heterocycles. The molecule has 0 aliphatic rings. The topological polar surface area (TPSA) is 0 Å². The summed E-state index contributed by atoms with van der Waals surface area (Å²) in [5.74, 6) is 0. The zero-order valence-electron chi connectivity index (χ0n) is 25.9. The second kappa shape index (κ2) is 10.1. The summed E-state index contributed by atoms with van der Waals surface area (Å²) in [7, 11) is -0.994. The summed E-state index contributed by atoms with van der Waals surface area (Å²) < 4.78 is 0. The van der Waals surface area contributed by atoms with Crippen LogP contribution in [0.4, 0.5) is 0 Å². The fourth-order valence-corrected chi connectivity index (χ4v) is 10.4. The maximum Gasteiger partial charge on any atom is 0.119 e. The van der Waals surface area contributed by atoms with Crippen molar-refractivity contribution in [2.75, 3.05) is 0 Å². The maximum absolute atomic E-state index is 2.55. The fraction of sp³-hybridized carbons (Fsp3) is 0.429. The minimum Gasteiger partial charge on any atom is -0.0628 e. The van der Waals surface area contributed by atoms with Crippen molar-refractivity contribution >= 4 is 40.7 Å². The van der Waals surface area contributed by atoms with E-state index in [0.29, 0.717) is 0 Å². The van der Waals surface area contributed by atoms with E-state index in [1.54, 1.807) is 10.4 Å². The molecule has 0 heterocycles. The molecule has 0 fully saturated rings. The van der Waals surface area contributed by atoms with Crippen LogP contribution in [-0.2, 0) is 20.4 Å². The molecule has 196 valence electrons. The van der Waals surface area contributed by atoms with Gasteiger partial charge in [-0.25, -0.2) is 0 Å². The number of benzene rings is 4. The van der Waals surface area contributed by atoms with Crippen LogP contribution in [0.15, 0.2) is 0 Å². The zero-order valence-corrected chi connectivity index (χ0v) is 29.6. The largest absolute Gasteiger partial charge is 0.119 e. The Balaban J connectivity index is 0.00000380. The van der Waals surface area contributed by atoms with Crippen molar-refractivity contribution in [2.45, 2.75) is 103 Å². The number of rotatable bonds is 2. The van der Waals surface area contributed by atoms with E-state index < -0.39 is 8.80 Å². The molecular formula is C35H45ReSi. The first-order valence-corrected chi connectivity index (χ1v) is 15.5. The van der Waals surface area contributed by atoms with Crippen molar-refractivity contribution in [1.82, 2.24) is 0 Å². The summed E-state index contributed by atoms with van der Waals surface area (Å²) in [4.78, 5) is 0. The van der Waals surface area contributed by atoms with Gasteiger partial charge in [0.1, 0.15) is 8.80 Å². The summed E-state index contributed by atoms with van der Waals surface area (Å²) in [5, 5.41) is 9.24. The van der Waals surface area contributed by atoms with E-state index in [2.05, 4.69) is 103 Å². The van der Waals surface area contributed by atoms with Gasteiger partial charge in [-0.1, -0.05) is 6.55 Å². The quantitative estimate of drug-likeness (QED) is 0.186. The monoisotopic (exact) mass is 680 g/mol. The number of fused-ring (bicyclic) bond motifs is 2. The van der Waals surface area contributed by atoms with Crippen LogP contribution < -0.4 is 10.4 Å². The Morgan fingerprint density at radius 3 is 0.703 bits per heavy atom. The van der Waals surface area contributed by atoms with Crippen molar-refractivity contribution in [3.05, 3.63) is 77.9 Å². The molecule has 0 bridgehead atoms. The number of aryl methyl sites for hydroxylation is 8. The molecular weight excluding hydrogens is 635 g/mol. The maximum atomic E-state index is 2.55. The molecule has 0 N–H and O–H groups in total. The summed E-state index contributed by atoms with van der Waals surface area (Å²) >= 11 is 0. The SMILES string of the molecule is Cc1c(C)c(C)c2c(C)c([Si](C)c3c(C)c(C)c4c(C)c(C)c(C)c(C)c4c3C)c(C)c(C)c2c1C.[Re]. The minimum atomic E-state index is -0.994. The van der Waals surface area contributed by atoms with E-state index >= 15 is 0 Å². The van der Waals surface area contributed by atoms with Crippen molar-refractivity contribution in [1.29, 1.82) is 0 Å². The molecule has 0 amide bonds. The third-order valence-corrected chi connectivity index (χ3v) is 13.2. The molecule has 37 heavy (non-hydrogen) atoms. The molecule has 0 aliphatic carbocycles. The average molecular weight is 680 g/mol. The third kappa shape index (κ3) is 4.02. The van der Waals surface area contributed by atoms with Crippen LogP contribution in [0.3, 0.4) is 0 Å². The second-order valence-corrected chi connectivity index (χ2v) is 13.9. The van der Waals surface area contributed by atoms with Gasteiger partial charge in [0.25, 0.3) is 0 Å². The number of hydrogen-bond acceptors (Lipinski definition) is 0. The van der Waals surface area contributed by atoms with Crippen LogP contribution in [0.5, 0.6) is 0 Å². The Morgan fingerprint density at radius 1 is 0.270 bits per heavy atom. The molecule has 2 radical (unpaired) electrons. The van der Waals surface area contributed by atoms with Gasteiger partial charge in [0.15, 0.2) is 0 Å². The first-order valence-electron chi connectivity index (χ1n) is 13.5. The van der Waals surface area contributed by atoms with Crippen LogP contribution in [0.1, 0.15) is 77.9 Å². The summed E-state index contributed by atoms with van der Waals surface area (Å²) in [6, 6.07) is 0. The van der Waals surface area contributed by atoms with Crippen LogP contribution in [0, 0.1) is 96.9 Å². The van der Waals surface area contributed by atoms with Gasteiger partial charge in [-0.2, -0.15) is 0 Å². The summed E-state index contributed by atoms with van der Waals surface area (Å²) in [6.07, 6.45) is 0. The Hall–Kier alpha value is -1.72. The van der Waals surface area contributed by atoms with E-state index in [1.807, 2.05) is 0 Å². The van der Waals surface area contributed by atoms with Crippen LogP contribution in [0.25, 0.3) is 21.5 Å². The Kier molecular flexibility index (Phi) is 8.15. The van der Waals surface area contributed by atoms with Crippen LogP contribution in [0.2, 0.25) is 6.55 Å². The van der Waals surface area contributed by atoms with E-state index in [1.165, 1.54) is 99.4 Å². The molecule has 0 saturated carbocycles. The van der Waals surface area contributed by atoms with Gasteiger partial charge in [0, 0.05) is 20.4 Å². The van der Waals surface area contributed by atoms with E-state index in [9.17, 15) is 0 Å². The van der Waals surface area contributed by atoms with E-state index in [-0.39, 0.29) is 20.4 Å². The van der Waals surface area contributed by atoms with E-state index in [4.69, 9.17) is 0 Å². The third-order valence-electron chi connectivity index (χ3n) is 10.2. The van der Waals surface area contributed by atoms with Crippen LogP contribution >= 0.6 is 0 Å². The second-order valence-electron chi connectivity index (χ2n) is 11.6. The molecule has 0 unspecified atom stereocenters. The summed E-state index contributed by atoms with van der Waals surface area (Å²) in [6.45, 7) is 35.4. The minimum absolute atomic E-state index is 0. The van der Waals surface area contributed by atoms with Gasteiger partial charge in [-0.05, 0) is 207 Å². The zero-order chi connectivity index (χ0) is 27.1. The molecule has 4 aromatic rings. The predicted octanol–water partition coefficient (Wildman–Crippen LogP) is 8.55. The molecule has 0 atom stereocenters. The Labute approximate surface area is 241 Å². The molecule has 4 rings (SSSR count). The molecule has 0 nitrogen and oxygen atoms in total. The molecule has 2 heteroatoms. The van der Waals surface area contributed by atoms with Gasteiger partial charge < -0.3 is 0 Å². The van der Waals surface area contributed by atoms with Gasteiger partial charge >= 0.3 is 0 Å². The van der Waals surface area contributed by atoms with E-state index in [0.717, 1.165) is 0 Å². The smallest absolute Gasteiger partial charge is 0.0628 e. The van der Waals surface area contributed by atoms with Gasteiger partial charge in [0.05, 0.1) is 0 Å². The van der Waals surface area contributed by atoms with Gasteiger partial charge in [-0.15, -0.1) is 0 Å². The fourth-order valence-electron chi connectivity index (χ4n) is 7.31. The summed E-state index contributed by atoms with van der Waals surface area (Å²) in [5.41, 5.74) is 20.6. The molecule has 0 aromatic heterocycles. The normalized spacial score (nSPS) is 11.7. The Morgan fingerprint density at radius 2 is 0.459 bits per heavy atom. The molecule has 0 spiro atoms. The Bertz CT molecular complexity index is 1500. The van der Waals surface area contributed by atoms with Crippen LogP contribution in [-0.4, -0.2) is 8.80 Å². The standard InChI is InChI=1S/C35H45Si.Re/c1-16-18(3)22(7)32-28(13)34(26(11)24(9)30(32)20(16)5)36(15)35-27(12)25(10)31-21(6)17(2)19(4)23(8)33(31)29(35)14;/h1-15H3;. The first-order chi connectivity index (χ1) is 16.7. The average Bonchev–Trinajstić information content (AvgIpc) is 2.83. The molecule has 4 aromatic carbocycles. The van der Waals surface area contributed by atoms with Gasteiger partial charge in [-0.3, -0.25) is 0 Å². The van der Waals surface area contributed by atoms with Crippen molar-refractivity contribution in [3.63, 3.8) is 0 Å². The first kappa shape index (κ1) is 29.8. The predicted molar refractivity (Wildman–Crippen MR) is 165 cm³/mol. The van der Waals surface area contributed by atoms with Crippen molar-refractivity contribution in [2.24, 2.45) is 0 Å². The van der Waals surface area contributed by atoms with Crippen molar-refractivity contribution in [3.8, 4) is 0 Å².